The Hall–Kier alpha value is -0.0800. The molecule has 11 heavy (non-hydrogen) atoms. The van der Waals surface area contributed by atoms with E-state index in [0.29, 0.717) is 12.1 Å². The van der Waals surface area contributed by atoms with Gasteiger partial charge in [0.15, 0.2) is 0 Å². The maximum atomic E-state index is 5.44. The Labute approximate surface area is 70.3 Å². The Kier molecular flexibility index (Phi) is 6.57. The van der Waals surface area contributed by atoms with E-state index in [0.717, 1.165) is 13.2 Å². The van der Waals surface area contributed by atoms with E-state index in [2.05, 4.69) is 33.0 Å². The van der Waals surface area contributed by atoms with Crippen molar-refractivity contribution in [3.63, 3.8) is 0 Å². The van der Waals surface area contributed by atoms with Gasteiger partial charge in [0.25, 0.3) is 0 Å². The lowest BCUT2D eigenvalue weighted by Gasteiger charge is -2.15. The predicted octanol–water partition coefficient (Wildman–Crippen LogP) is 1.80. The zero-order valence-electron chi connectivity index (χ0n) is 8.18. The number of hydrogen-bond donors (Lipinski definition) is 1. The van der Waals surface area contributed by atoms with Gasteiger partial charge in [0, 0.05) is 6.04 Å². The van der Waals surface area contributed by atoms with Crippen LogP contribution in [-0.4, -0.2) is 25.3 Å². The van der Waals surface area contributed by atoms with Crippen LogP contribution in [0.25, 0.3) is 0 Å². The van der Waals surface area contributed by atoms with E-state index in [1.165, 1.54) is 6.42 Å². The van der Waals surface area contributed by atoms with E-state index in [1.54, 1.807) is 0 Å². The Morgan fingerprint density at radius 2 is 1.91 bits per heavy atom. The van der Waals surface area contributed by atoms with Crippen molar-refractivity contribution in [2.45, 2.75) is 46.3 Å². The molecular formula is C9H21NO. The van der Waals surface area contributed by atoms with E-state index in [-0.39, 0.29) is 0 Å². The van der Waals surface area contributed by atoms with Gasteiger partial charge in [-0.1, -0.05) is 6.92 Å². The fourth-order valence-corrected chi connectivity index (χ4v) is 0.786. The highest BCUT2D eigenvalue weighted by Crippen LogP contribution is 1.90. The SMILES string of the molecule is CCCNC(C)COC(C)C. The van der Waals surface area contributed by atoms with E-state index in [1.807, 2.05) is 0 Å². The summed E-state index contributed by atoms with van der Waals surface area (Å²) in [6.07, 6.45) is 1.53. The molecule has 2 nitrogen and oxygen atoms in total. The van der Waals surface area contributed by atoms with Gasteiger partial charge >= 0.3 is 0 Å². The topological polar surface area (TPSA) is 21.3 Å². The summed E-state index contributed by atoms with van der Waals surface area (Å²) in [6.45, 7) is 10.3. The third-order valence-electron chi connectivity index (χ3n) is 1.42. The number of hydrogen-bond acceptors (Lipinski definition) is 2. The van der Waals surface area contributed by atoms with Crippen molar-refractivity contribution in [1.29, 1.82) is 0 Å². The number of ether oxygens (including phenoxy) is 1. The molecule has 0 radical (unpaired) electrons. The third-order valence-corrected chi connectivity index (χ3v) is 1.42. The van der Waals surface area contributed by atoms with Crippen LogP contribution in [0, 0.1) is 0 Å². The molecule has 1 atom stereocenters. The van der Waals surface area contributed by atoms with Gasteiger partial charge in [0.1, 0.15) is 0 Å². The summed E-state index contributed by atoms with van der Waals surface area (Å²) in [6, 6.07) is 0.484. The predicted molar refractivity (Wildman–Crippen MR) is 48.8 cm³/mol. The van der Waals surface area contributed by atoms with Crippen LogP contribution >= 0.6 is 0 Å². The van der Waals surface area contributed by atoms with E-state index < -0.39 is 0 Å². The molecule has 0 aliphatic carbocycles. The molecule has 0 aromatic heterocycles. The van der Waals surface area contributed by atoms with Crippen LogP contribution in [0.1, 0.15) is 34.1 Å². The van der Waals surface area contributed by atoms with Gasteiger partial charge in [0.2, 0.25) is 0 Å². The minimum absolute atomic E-state index is 0.348. The standard InChI is InChI=1S/C9H21NO/c1-5-6-10-9(4)7-11-8(2)3/h8-10H,5-7H2,1-4H3. The summed E-state index contributed by atoms with van der Waals surface area (Å²) >= 11 is 0. The summed E-state index contributed by atoms with van der Waals surface area (Å²) in [7, 11) is 0. The first-order chi connectivity index (χ1) is 5.16. The summed E-state index contributed by atoms with van der Waals surface area (Å²) < 4.78 is 5.44. The van der Waals surface area contributed by atoms with Crippen molar-refractivity contribution in [3.05, 3.63) is 0 Å². The van der Waals surface area contributed by atoms with Crippen LogP contribution in [0.4, 0.5) is 0 Å². The first-order valence-corrected chi connectivity index (χ1v) is 4.51. The molecule has 0 aromatic rings. The molecule has 0 saturated heterocycles. The molecule has 0 heterocycles. The van der Waals surface area contributed by atoms with Gasteiger partial charge in [-0.2, -0.15) is 0 Å². The second-order valence-corrected chi connectivity index (χ2v) is 3.24. The molecule has 0 amide bonds. The third kappa shape index (κ3) is 7.82. The zero-order chi connectivity index (χ0) is 8.69. The summed E-state index contributed by atoms with van der Waals surface area (Å²) in [5, 5.41) is 3.36. The first kappa shape index (κ1) is 10.9. The summed E-state index contributed by atoms with van der Waals surface area (Å²) in [5.41, 5.74) is 0. The number of rotatable bonds is 6. The molecule has 0 bridgehead atoms. The molecule has 0 saturated carbocycles. The highest BCUT2D eigenvalue weighted by Gasteiger charge is 2.00. The van der Waals surface area contributed by atoms with Gasteiger partial charge in [0.05, 0.1) is 12.7 Å². The molecule has 0 spiro atoms. The Balaban J connectivity index is 3.15. The van der Waals surface area contributed by atoms with E-state index >= 15 is 0 Å². The van der Waals surface area contributed by atoms with Crippen molar-refractivity contribution in [1.82, 2.24) is 5.32 Å². The minimum Gasteiger partial charge on any atom is -0.377 e. The molecule has 0 aliphatic heterocycles. The first-order valence-electron chi connectivity index (χ1n) is 4.51. The highest BCUT2D eigenvalue weighted by atomic mass is 16.5. The molecule has 2 heteroatoms. The smallest absolute Gasteiger partial charge is 0.0620 e. The highest BCUT2D eigenvalue weighted by molar-refractivity contribution is 4.58. The van der Waals surface area contributed by atoms with Crippen molar-refractivity contribution >= 4 is 0 Å². The number of nitrogens with one attached hydrogen (secondary N) is 1. The Bertz CT molecular complexity index is 83.6. The quantitative estimate of drug-likeness (QED) is 0.638. The Morgan fingerprint density at radius 3 is 2.36 bits per heavy atom. The van der Waals surface area contributed by atoms with Crippen molar-refractivity contribution in [3.8, 4) is 0 Å². The fourth-order valence-electron chi connectivity index (χ4n) is 0.786. The lowest BCUT2D eigenvalue weighted by Crippen LogP contribution is -2.32. The molecule has 0 aliphatic rings. The van der Waals surface area contributed by atoms with Crippen LogP contribution in [0.3, 0.4) is 0 Å². The molecule has 0 aromatic carbocycles. The van der Waals surface area contributed by atoms with Gasteiger partial charge < -0.3 is 10.1 Å². The minimum atomic E-state index is 0.348. The van der Waals surface area contributed by atoms with Crippen LogP contribution in [-0.2, 0) is 4.74 Å². The Morgan fingerprint density at radius 1 is 1.27 bits per heavy atom. The maximum absolute atomic E-state index is 5.44. The van der Waals surface area contributed by atoms with Crippen molar-refractivity contribution in [2.24, 2.45) is 0 Å². The molecule has 68 valence electrons. The van der Waals surface area contributed by atoms with Crippen molar-refractivity contribution < 1.29 is 4.74 Å². The monoisotopic (exact) mass is 159 g/mol. The van der Waals surface area contributed by atoms with Gasteiger partial charge in [-0.3, -0.25) is 0 Å². The van der Waals surface area contributed by atoms with Crippen LogP contribution in [0.5, 0.6) is 0 Å². The molecular weight excluding hydrogens is 138 g/mol. The molecule has 0 fully saturated rings. The van der Waals surface area contributed by atoms with Crippen LogP contribution in [0.2, 0.25) is 0 Å². The van der Waals surface area contributed by atoms with Crippen molar-refractivity contribution in [2.75, 3.05) is 13.2 Å². The maximum Gasteiger partial charge on any atom is 0.0620 e. The molecule has 0 rings (SSSR count). The normalized spacial score (nSPS) is 13.9. The van der Waals surface area contributed by atoms with Gasteiger partial charge in [-0.15, -0.1) is 0 Å². The lowest BCUT2D eigenvalue weighted by molar-refractivity contribution is 0.0647. The van der Waals surface area contributed by atoms with Gasteiger partial charge in [-0.25, -0.2) is 0 Å². The summed E-state index contributed by atoms with van der Waals surface area (Å²) in [4.78, 5) is 0. The van der Waals surface area contributed by atoms with E-state index in [9.17, 15) is 0 Å². The molecule has 1 unspecified atom stereocenters. The van der Waals surface area contributed by atoms with Crippen LogP contribution in [0.15, 0.2) is 0 Å². The zero-order valence-corrected chi connectivity index (χ0v) is 8.18. The fraction of sp³-hybridized carbons (Fsp3) is 1.00. The second kappa shape index (κ2) is 6.62. The summed E-state index contributed by atoms with van der Waals surface area (Å²) in [5.74, 6) is 0. The average Bonchev–Trinajstić information content (AvgIpc) is 1.97. The van der Waals surface area contributed by atoms with E-state index in [4.69, 9.17) is 4.74 Å². The lowest BCUT2D eigenvalue weighted by atomic mass is 10.3. The van der Waals surface area contributed by atoms with Crippen LogP contribution < -0.4 is 5.32 Å². The largest absolute Gasteiger partial charge is 0.377 e. The average molecular weight is 159 g/mol. The second-order valence-electron chi connectivity index (χ2n) is 3.24. The molecule has 1 N–H and O–H groups in total. The van der Waals surface area contributed by atoms with Gasteiger partial charge in [-0.05, 0) is 33.7 Å².